The van der Waals surface area contributed by atoms with Crippen molar-refractivity contribution in [3.8, 4) is 6.07 Å². The summed E-state index contributed by atoms with van der Waals surface area (Å²) < 4.78 is 50.6. The first kappa shape index (κ1) is 13.0. The van der Waals surface area contributed by atoms with Gasteiger partial charge in [0.25, 0.3) is 0 Å². The lowest BCUT2D eigenvalue weighted by Gasteiger charge is -2.07. The average Bonchev–Trinajstić information content (AvgIpc) is 2.12. The van der Waals surface area contributed by atoms with Crippen LogP contribution < -0.4 is 4.72 Å². The van der Waals surface area contributed by atoms with Gasteiger partial charge in [0.1, 0.15) is 16.5 Å². The van der Waals surface area contributed by atoms with Gasteiger partial charge in [-0.1, -0.05) is 0 Å². The summed E-state index contributed by atoms with van der Waals surface area (Å²) in [6.45, 7) is -0.494. The zero-order valence-corrected chi connectivity index (χ0v) is 10.1. The first-order valence-corrected chi connectivity index (χ1v) is 6.17. The van der Waals surface area contributed by atoms with Crippen LogP contribution in [-0.4, -0.2) is 15.0 Å². The van der Waals surface area contributed by atoms with Crippen LogP contribution in [0.5, 0.6) is 0 Å². The molecule has 0 aliphatic heterocycles. The van der Waals surface area contributed by atoms with Crippen LogP contribution >= 0.6 is 15.9 Å². The van der Waals surface area contributed by atoms with Crippen LogP contribution in [0.4, 0.5) is 8.78 Å². The Hall–Kier alpha value is -1.04. The fourth-order valence-corrected chi connectivity index (χ4v) is 3.06. The van der Waals surface area contributed by atoms with E-state index in [-0.39, 0.29) is 4.47 Å². The second kappa shape index (κ2) is 4.86. The third-order valence-corrected chi connectivity index (χ3v) is 3.94. The molecule has 0 saturated carbocycles. The van der Waals surface area contributed by atoms with Gasteiger partial charge in [0.05, 0.1) is 12.6 Å². The summed E-state index contributed by atoms with van der Waals surface area (Å²) in [5.74, 6) is -2.12. The molecule has 0 aliphatic rings. The van der Waals surface area contributed by atoms with Gasteiger partial charge in [-0.15, -0.1) is 0 Å². The smallest absolute Gasteiger partial charge is 0.207 e. The Morgan fingerprint density at radius 2 is 2.06 bits per heavy atom. The summed E-state index contributed by atoms with van der Waals surface area (Å²) in [7, 11) is -4.16. The molecule has 0 atom stereocenters. The highest BCUT2D eigenvalue weighted by atomic mass is 79.9. The number of hydrogen-bond donors (Lipinski definition) is 1. The number of hydrogen-bond acceptors (Lipinski definition) is 3. The van der Waals surface area contributed by atoms with E-state index in [9.17, 15) is 17.2 Å². The monoisotopic (exact) mass is 310 g/mol. The lowest BCUT2D eigenvalue weighted by atomic mass is 10.3. The summed E-state index contributed by atoms with van der Waals surface area (Å²) in [6, 6.07) is 2.82. The Bertz CT molecular complexity index is 531. The lowest BCUT2D eigenvalue weighted by Crippen LogP contribution is -2.25. The van der Waals surface area contributed by atoms with E-state index >= 15 is 0 Å². The largest absolute Gasteiger partial charge is 0.245 e. The Kier molecular flexibility index (Phi) is 3.96. The molecule has 1 aromatic carbocycles. The molecule has 8 heteroatoms. The van der Waals surface area contributed by atoms with Gasteiger partial charge in [-0.2, -0.15) is 9.98 Å². The maximum atomic E-state index is 13.3. The van der Waals surface area contributed by atoms with Crippen molar-refractivity contribution in [3.63, 3.8) is 0 Å². The molecule has 1 aromatic rings. The number of nitriles is 1. The minimum atomic E-state index is -4.16. The molecule has 1 rings (SSSR count). The molecule has 0 unspecified atom stereocenters. The Morgan fingerprint density at radius 1 is 1.44 bits per heavy atom. The minimum absolute atomic E-state index is 0.240. The van der Waals surface area contributed by atoms with Crippen LogP contribution in [0.25, 0.3) is 0 Å². The van der Waals surface area contributed by atoms with Crippen molar-refractivity contribution in [1.82, 2.24) is 4.72 Å². The van der Waals surface area contributed by atoms with Gasteiger partial charge in [0.15, 0.2) is 0 Å². The van der Waals surface area contributed by atoms with E-state index in [0.29, 0.717) is 6.07 Å². The Balaban J connectivity index is 3.29. The Morgan fingerprint density at radius 3 is 2.56 bits per heavy atom. The molecule has 4 nitrogen and oxygen atoms in total. The van der Waals surface area contributed by atoms with Crippen molar-refractivity contribution in [3.05, 3.63) is 28.2 Å². The number of rotatable bonds is 3. The molecule has 0 bridgehead atoms. The standard InChI is InChI=1S/C8H5BrF2N2O2S/c9-6-3-5(10)4-7(11)8(6)16(14,15)13-2-1-12/h3-4,13H,2H2. The normalized spacial score (nSPS) is 11.1. The van der Waals surface area contributed by atoms with Crippen molar-refractivity contribution in [2.45, 2.75) is 4.90 Å². The quantitative estimate of drug-likeness (QED) is 0.861. The molecule has 1 N–H and O–H groups in total. The fourth-order valence-electron chi connectivity index (χ4n) is 0.985. The van der Waals surface area contributed by atoms with Crippen molar-refractivity contribution < 1.29 is 17.2 Å². The fraction of sp³-hybridized carbons (Fsp3) is 0.125. The van der Waals surface area contributed by atoms with E-state index in [1.54, 1.807) is 6.07 Å². The van der Waals surface area contributed by atoms with Gasteiger partial charge in [0.2, 0.25) is 10.0 Å². The molecule has 0 amide bonds. The zero-order chi connectivity index (χ0) is 12.3. The van der Waals surface area contributed by atoms with Crippen molar-refractivity contribution in [2.75, 3.05) is 6.54 Å². The number of sulfonamides is 1. The molecular formula is C8H5BrF2N2O2S. The Labute approximate surface area is 99.1 Å². The van der Waals surface area contributed by atoms with Gasteiger partial charge in [-0.3, -0.25) is 0 Å². The number of nitrogens with one attached hydrogen (secondary N) is 1. The van der Waals surface area contributed by atoms with Crippen molar-refractivity contribution in [2.24, 2.45) is 0 Å². The summed E-state index contributed by atoms with van der Waals surface area (Å²) >= 11 is 2.74. The third kappa shape index (κ3) is 2.75. The number of benzene rings is 1. The van der Waals surface area contributed by atoms with Crippen LogP contribution in [0.2, 0.25) is 0 Å². The zero-order valence-electron chi connectivity index (χ0n) is 7.67. The molecule has 0 fully saturated rings. The molecule has 0 heterocycles. The van der Waals surface area contributed by atoms with Gasteiger partial charge in [-0.25, -0.2) is 17.2 Å². The van der Waals surface area contributed by atoms with Crippen LogP contribution in [0.15, 0.2) is 21.5 Å². The first-order chi connectivity index (χ1) is 7.38. The minimum Gasteiger partial charge on any atom is -0.207 e. The van der Waals surface area contributed by atoms with Gasteiger partial charge in [0, 0.05) is 10.5 Å². The third-order valence-electron chi connectivity index (χ3n) is 1.57. The SMILES string of the molecule is N#CCNS(=O)(=O)c1c(F)cc(F)cc1Br. The summed E-state index contributed by atoms with van der Waals surface area (Å²) in [4.78, 5) is -0.718. The second-order valence-electron chi connectivity index (χ2n) is 2.68. The highest BCUT2D eigenvalue weighted by molar-refractivity contribution is 9.10. The van der Waals surface area contributed by atoms with Crippen LogP contribution in [0.3, 0.4) is 0 Å². The van der Waals surface area contributed by atoms with E-state index in [1.165, 1.54) is 0 Å². The first-order valence-electron chi connectivity index (χ1n) is 3.89. The van der Waals surface area contributed by atoms with Crippen LogP contribution in [0, 0.1) is 23.0 Å². The molecule has 0 saturated heterocycles. The van der Waals surface area contributed by atoms with Crippen molar-refractivity contribution >= 4 is 26.0 Å². The molecule has 0 aliphatic carbocycles. The predicted molar refractivity (Wildman–Crippen MR) is 54.9 cm³/mol. The van der Waals surface area contributed by atoms with Crippen LogP contribution in [0.1, 0.15) is 0 Å². The number of halogens is 3. The van der Waals surface area contributed by atoms with Gasteiger partial charge < -0.3 is 0 Å². The summed E-state index contributed by atoms with van der Waals surface area (Å²) in [5, 5.41) is 8.22. The maximum absolute atomic E-state index is 13.3. The second-order valence-corrected chi connectivity index (χ2v) is 5.24. The van der Waals surface area contributed by atoms with Gasteiger partial charge in [-0.05, 0) is 22.0 Å². The van der Waals surface area contributed by atoms with E-state index < -0.39 is 33.1 Å². The van der Waals surface area contributed by atoms with E-state index in [4.69, 9.17) is 5.26 Å². The van der Waals surface area contributed by atoms with E-state index in [2.05, 4.69) is 15.9 Å². The van der Waals surface area contributed by atoms with E-state index in [1.807, 2.05) is 4.72 Å². The van der Waals surface area contributed by atoms with E-state index in [0.717, 1.165) is 6.07 Å². The number of nitrogens with zero attached hydrogens (tertiary/aromatic N) is 1. The van der Waals surface area contributed by atoms with Crippen molar-refractivity contribution in [1.29, 1.82) is 5.26 Å². The molecule has 86 valence electrons. The highest BCUT2D eigenvalue weighted by Gasteiger charge is 2.23. The molecule has 16 heavy (non-hydrogen) atoms. The highest BCUT2D eigenvalue weighted by Crippen LogP contribution is 2.25. The summed E-state index contributed by atoms with van der Waals surface area (Å²) in [6.07, 6.45) is 0. The van der Waals surface area contributed by atoms with Gasteiger partial charge >= 0.3 is 0 Å². The molecule has 0 aromatic heterocycles. The lowest BCUT2D eigenvalue weighted by molar-refractivity contribution is 0.542. The van der Waals surface area contributed by atoms with Crippen LogP contribution in [-0.2, 0) is 10.0 Å². The summed E-state index contributed by atoms with van der Waals surface area (Å²) in [5.41, 5.74) is 0. The molecular weight excluding hydrogens is 306 g/mol. The predicted octanol–water partition coefficient (Wildman–Crippen LogP) is 1.53. The maximum Gasteiger partial charge on any atom is 0.245 e. The molecule has 0 spiro atoms. The average molecular weight is 311 g/mol. The molecule has 0 radical (unpaired) electrons. The topological polar surface area (TPSA) is 70.0 Å².